The lowest BCUT2D eigenvalue weighted by molar-refractivity contribution is -0.148. The summed E-state index contributed by atoms with van der Waals surface area (Å²) in [5.41, 5.74) is 4.46. The zero-order chi connectivity index (χ0) is 25.2. The number of amides is 2. The fraction of sp³-hybridized carbons (Fsp3) is 0.444. The number of rotatable bonds is 7. The van der Waals surface area contributed by atoms with E-state index in [0.29, 0.717) is 24.5 Å². The van der Waals surface area contributed by atoms with E-state index < -0.39 is 24.1 Å². The molecule has 2 aliphatic rings. The van der Waals surface area contributed by atoms with Crippen LogP contribution in [0.25, 0.3) is 11.1 Å². The van der Waals surface area contributed by atoms with Crippen LogP contribution in [0.5, 0.6) is 0 Å². The van der Waals surface area contributed by atoms with Crippen LogP contribution in [0.1, 0.15) is 50.7 Å². The number of carbonyl (C=O) groups excluding carboxylic acids is 2. The molecule has 1 aliphatic carbocycles. The maximum Gasteiger partial charge on any atom is 0.407 e. The third-order valence-corrected chi connectivity index (χ3v) is 7.58. The van der Waals surface area contributed by atoms with Gasteiger partial charge in [0.05, 0.1) is 5.88 Å². The molecule has 35 heavy (non-hydrogen) atoms. The summed E-state index contributed by atoms with van der Waals surface area (Å²) in [4.78, 5) is 39.1. The minimum absolute atomic E-state index is 0.0483. The summed E-state index contributed by atoms with van der Waals surface area (Å²) in [7, 11) is 0. The topological polar surface area (TPSA) is 95.9 Å². The van der Waals surface area contributed by atoms with Gasteiger partial charge in [-0.2, -0.15) is 0 Å². The molecule has 2 N–H and O–H groups in total. The molecular formula is C27H32N2O5S. The van der Waals surface area contributed by atoms with E-state index >= 15 is 0 Å². The van der Waals surface area contributed by atoms with E-state index in [1.807, 2.05) is 36.4 Å². The van der Waals surface area contributed by atoms with Crippen molar-refractivity contribution in [3.8, 4) is 11.1 Å². The number of ether oxygens (including phenoxy) is 1. The minimum Gasteiger partial charge on any atom is -0.480 e. The van der Waals surface area contributed by atoms with Crippen LogP contribution in [-0.4, -0.2) is 58.3 Å². The normalized spacial score (nSPS) is 18.0. The zero-order valence-corrected chi connectivity index (χ0v) is 21.1. The summed E-state index contributed by atoms with van der Waals surface area (Å²) < 4.78 is 5.65. The molecule has 0 aromatic heterocycles. The van der Waals surface area contributed by atoms with Gasteiger partial charge in [-0.15, -0.1) is 11.8 Å². The molecule has 1 fully saturated rings. The fourth-order valence-electron chi connectivity index (χ4n) is 4.68. The van der Waals surface area contributed by atoms with Crippen LogP contribution in [0.15, 0.2) is 48.5 Å². The van der Waals surface area contributed by atoms with Gasteiger partial charge in [0.1, 0.15) is 18.7 Å². The molecule has 2 amide bonds. The van der Waals surface area contributed by atoms with E-state index in [1.54, 1.807) is 0 Å². The van der Waals surface area contributed by atoms with Crippen molar-refractivity contribution in [2.45, 2.75) is 51.6 Å². The summed E-state index contributed by atoms with van der Waals surface area (Å²) in [6.07, 6.45) is 0.420. The summed E-state index contributed by atoms with van der Waals surface area (Å²) in [6, 6.07) is 14.5. The van der Waals surface area contributed by atoms with Crippen LogP contribution in [0.4, 0.5) is 4.79 Å². The number of thioether (sulfide) groups is 1. The molecule has 0 bridgehead atoms. The molecule has 7 nitrogen and oxygen atoms in total. The third-order valence-electron chi connectivity index (χ3n) is 6.57. The predicted molar refractivity (Wildman–Crippen MR) is 136 cm³/mol. The van der Waals surface area contributed by atoms with Crippen molar-refractivity contribution in [3.63, 3.8) is 0 Å². The average Bonchev–Trinajstić information content (AvgIpc) is 3.43. The summed E-state index contributed by atoms with van der Waals surface area (Å²) in [6.45, 7) is 6.34. The Morgan fingerprint density at radius 2 is 1.69 bits per heavy atom. The van der Waals surface area contributed by atoms with E-state index in [9.17, 15) is 19.5 Å². The van der Waals surface area contributed by atoms with Crippen molar-refractivity contribution in [2.24, 2.45) is 5.41 Å². The monoisotopic (exact) mass is 496 g/mol. The Kier molecular flexibility index (Phi) is 7.40. The number of nitrogens with one attached hydrogen (secondary N) is 1. The van der Waals surface area contributed by atoms with Gasteiger partial charge in [-0.1, -0.05) is 69.3 Å². The van der Waals surface area contributed by atoms with E-state index in [4.69, 9.17) is 4.74 Å². The molecule has 0 saturated carbocycles. The van der Waals surface area contributed by atoms with Crippen molar-refractivity contribution < 1.29 is 24.2 Å². The molecule has 1 unspecified atom stereocenters. The van der Waals surface area contributed by atoms with Crippen LogP contribution >= 0.6 is 11.8 Å². The lowest BCUT2D eigenvalue weighted by Gasteiger charge is -2.28. The number of aliphatic carboxylic acids is 1. The molecule has 8 heteroatoms. The van der Waals surface area contributed by atoms with Crippen LogP contribution in [-0.2, 0) is 14.3 Å². The average molecular weight is 497 g/mol. The first kappa shape index (κ1) is 25.1. The van der Waals surface area contributed by atoms with Crippen LogP contribution < -0.4 is 5.32 Å². The summed E-state index contributed by atoms with van der Waals surface area (Å²) in [5, 5.41) is 12.2. The minimum atomic E-state index is -1.03. The van der Waals surface area contributed by atoms with Crippen molar-refractivity contribution in [1.29, 1.82) is 0 Å². The highest BCUT2D eigenvalue weighted by atomic mass is 32.2. The Morgan fingerprint density at radius 1 is 1.09 bits per heavy atom. The second kappa shape index (κ2) is 10.3. The molecule has 2 aromatic carbocycles. The number of carboxylic acid groups (broad SMARTS) is 1. The van der Waals surface area contributed by atoms with E-state index in [0.717, 1.165) is 22.3 Å². The third kappa shape index (κ3) is 5.64. The number of hydrogen-bond donors (Lipinski definition) is 2. The predicted octanol–water partition coefficient (Wildman–Crippen LogP) is 4.71. The van der Waals surface area contributed by atoms with Gasteiger partial charge in [-0.05, 0) is 40.5 Å². The number of alkyl carbamates (subject to hydrolysis) is 1. The largest absolute Gasteiger partial charge is 0.480 e. The molecular weight excluding hydrogens is 464 g/mol. The lowest BCUT2D eigenvalue weighted by atomic mass is 9.88. The number of carboxylic acids is 1. The van der Waals surface area contributed by atoms with Gasteiger partial charge < -0.3 is 20.1 Å². The maximum atomic E-state index is 13.3. The second-order valence-corrected chi connectivity index (χ2v) is 11.3. The molecule has 0 spiro atoms. The Bertz CT molecular complexity index is 1070. The molecule has 2 atom stereocenters. The highest BCUT2D eigenvalue weighted by Gasteiger charge is 2.39. The molecule has 4 rings (SSSR count). The molecule has 1 aliphatic heterocycles. The van der Waals surface area contributed by atoms with Gasteiger partial charge >= 0.3 is 12.1 Å². The van der Waals surface area contributed by atoms with Gasteiger partial charge in [0.25, 0.3) is 0 Å². The molecule has 0 radical (unpaired) electrons. The van der Waals surface area contributed by atoms with Crippen LogP contribution in [0.3, 0.4) is 0 Å². The number of nitrogens with zero attached hydrogens (tertiary/aromatic N) is 1. The smallest absolute Gasteiger partial charge is 0.407 e. The summed E-state index contributed by atoms with van der Waals surface area (Å²) >= 11 is 1.40. The first-order valence-corrected chi connectivity index (χ1v) is 13.0. The molecule has 1 saturated heterocycles. The Balaban J connectivity index is 1.45. The standard InChI is InChI=1S/C27H32N2O5S/c1-27(2,3)13-12-22(24(30)29-16-35-15-23(29)25(31)32)28-26(33)34-14-21-19-10-6-4-8-17(19)18-9-5-7-11-20(18)21/h4-11,21-23H,12-16H2,1-3H3,(H,28,33)(H,31,32)/t22?,23-/m0/s1. The highest BCUT2D eigenvalue weighted by molar-refractivity contribution is 7.99. The lowest BCUT2D eigenvalue weighted by Crippen LogP contribution is -2.52. The fourth-order valence-corrected chi connectivity index (χ4v) is 5.84. The van der Waals surface area contributed by atoms with Crippen molar-refractivity contribution in [1.82, 2.24) is 10.2 Å². The quantitative estimate of drug-likeness (QED) is 0.577. The zero-order valence-electron chi connectivity index (χ0n) is 20.3. The Morgan fingerprint density at radius 3 is 2.26 bits per heavy atom. The first-order valence-electron chi connectivity index (χ1n) is 11.9. The number of hydrogen-bond acceptors (Lipinski definition) is 5. The second-order valence-electron chi connectivity index (χ2n) is 10.3. The van der Waals surface area contributed by atoms with Gasteiger partial charge in [0, 0.05) is 11.7 Å². The van der Waals surface area contributed by atoms with Crippen LogP contribution in [0.2, 0.25) is 0 Å². The van der Waals surface area contributed by atoms with Gasteiger partial charge in [-0.25, -0.2) is 9.59 Å². The van der Waals surface area contributed by atoms with E-state index in [1.165, 1.54) is 16.7 Å². The van der Waals surface area contributed by atoms with Gasteiger partial charge in [-0.3, -0.25) is 4.79 Å². The van der Waals surface area contributed by atoms with Crippen molar-refractivity contribution >= 4 is 29.7 Å². The first-order chi connectivity index (χ1) is 16.7. The Hall–Kier alpha value is -3.00. The number of carbonyl (C=O) groups is 3. The Labute approximate surface area is 210 Å². The van der Waals surface area contributed by atoms with Crippen molar-refractivity contribution in [3.05, 3.63) is 59.7 Å². The van der Waals surface area contributed by atoms with Gasteiger partial charge in [0.15, 0.2) is 0 Å². The number of fused-ring (bicyclic) bond motifs is 3. The molecule has 2 aromatic rings. The van der Waals surface area contributed by atoms with E-state index in [-0.39, 0.29) is 23.8 Å². The molecule has 1 heterocycles. The van der Waals surface area contributed by atoms with Crippen LogP contribution in [0, 0.1) is 5.41 Å². The summed E-state index contributed by atoms with van der Waals surface area (Å²) in [5.74, 6) is -0.839. The number of benzene rings is 2. The maximum absolute atomic E-state index is 13.3. The highest BCUT2D eigenvalue weighted by Crippen LogP contribution is 2.44. The molecule has 186 valence electrons. The van der Waals surface area contributed by atoms with Gasteiger partial charge in [0.2, 0.25) is 5.91 Å². The SMILES string of the molecule is CC(C)(C)CCC(NC(=O)OCC1c2ccccc2-c2ccccc21)C(=O)N1CSC[C@H]1C(=O)O. The van der Waals surface area contributed by atoms with Crippen molar-refractivity contribution in [2.75, 3.05) is 18.2 Å². The van der Waals surface area contributed by atoms with E-state index in [2.05, 4.69) is 38.2 Å².